The SMILES string of the molecule is CCCCCCCCCC[C@@H](O)[C@@H]1CC[C@@H]([C@@H]2CC[C@H]([C@H]3CC[C@H](CCCCCCC[C@@H](O)CC4=C[C@H](C)OC4=O)O3)OCO2)O1. The van der Waals surface area contributed by atoms with Crippen LogP contribution < -0.4 is 0 Å². The van der Waals surface area contributed by atoms with E-state index in [0.29, 0.717) is 24.9 Å². The molecule has 0 radical (unpaired) electrons. The van der Waals surface area contributed by atoms with E-state index in [1.54, 1.807) is 0 Å². The number of carbonyl (C=O) groups excluding carboxylic acids is 1. The van der Waals surface area contributed by atoms with Crippen molar-refractivity contribution in [1.29, 1.82) is 0 Å². The zero-order valence-electron chi connectivity index (χ0n) is 29.1. The van der Waals surface area contributed by atoms with Crippen molar-refractivity contribution in [2.24, 2.45) is 0 Å². The molecule has 3 fully saturated rings. The van der Waals surface area contributed by atoms with Crippen molar-refractivity contribution >= 4 is 5.97 Å². The lowest BCUT2D eigenvalue weighted by molar-refractivity contribution is -0.154. The first-order valence-corrected chi connectivity index (χ1v) is 19.2. The number of cyclic esters (lactones) is 1. The molecule has 2 N–H and O–H groups in total. The van der Waals surface area contributed by atoms with E-state index in [4.69, 9.17) is 23.7 Å². The number of ether oxygens (including phenoxy) is 5. The van der Waals surface area contributed by atoms with E-state index < -0.39 is 6.10 Å². The first-order chi connectivity index (χ1) is 22.4. The summed E-state index contributed by atoms with van der Waals surface area (Å²) in [7, 11) is 0. The zero-order valence-corrected chi connectivity index (χ0v) is 29.1. The predicted octanol–water partition coefficient (Wildman–Crippen LogP) is 7.85. The highest BCUT2D eigenvalue weighted by molar-refractivity contribution is 5.90. The molecule has 3 saturated heterocycles. The number of hydrogen-bond donors (Lipinski definition) is 2. The van der Waals surface area contributed by atoms with E-state index in [-0.39, 0.29) is 48.7 Å². The number of unbranched alkanes of at least 4 members (excludes halogenated alkanes) is 11. The van der Waals surface area contributed by atoms with Crippen LogP contribution in [0.15, 0.2) is 11.6 Å². The van der Waals surface area contributed by atoms with Gasteiger partial charge in [0.15, 0.2) is 0 Å². The first-order valence-electron chi connectivity index (χ1n) is 19.2. The van der Waals surface area contributed by atoms with Gasteiger partial charge in [-0.25, -0.2) is 4.79 Å². The van der Waals surface area contributed by atoms with Gasteiger partial charge in [-0.2, -0.15) is 0 Å². The summed E-state index contributed by atoms with van der Waals surface area (Å²) in [4.78, 5) is 11.7. The minimum absolute atomic E-state index is 0.0311. The predicted molar refractivity (Wildman–Crippen MR) is 179 cm³/mol. The largest absolute Gasteiger partial charge is 0.455 e. The maximum atomic E-state index is 11.7. The summed E-state index contributed by atoms with van der Waals surface area (Å²) < 4.78 is 30.2. The fraction of sp³-hybridized carbons (Fsp3) is 0.921. The lowest BCUT2D eigenvalue weighted by Gasteiger charge is -2.24. The van der Waals surface area contributed by atoms with Gasteiger partial charge in [0.05, 0.1) is 48.8 Å². The fourth-order valence-electron chi connectivity index (χ4n) is 7.85. The molecule has 4 aliphatic rings. The average Bonchev–Trinajstić information content (AvgIpc) is 3.75. The number of hydrogen-bond acceptors (Lipinski definition) is 8. The van der Waals surface area contributed by atoms with Crippen molar-refractivity contribution in [2.75, 3.05) is 6.79 Å². The van der Waals surface area contributed by atoms with Gasteiger partial charge in [0.25, 0.3) is 0 Å². The third-order valence-electron chi connectivity index (χ3n) is 10.6. The average molecular weight is 651 g/mol. The zero-order chi connectivity index (χ0) is 32.6. The van der Waals surface area contributed by atoms with E-state index in [1.165, 1.54) is 57.8 Å². The summed E-state index contributed by atoms with van der Waals surface area (Å²) in [6, 6.07) is 0. The van der Waals surface area contributed by atoms with Gasteiger partial charge in [-0.3, -0.25) is 0 Å². The second-order valence-electron chi connectivity index (χ2n) is 14.6. The molecule has 0 saturated carbocycles. The second-order valence-corrected chi connectivity index (χ2v) is 14.6. The molecule has 0 unspecified atom stereocenters. The number of aliphatic hydroxyl groups is 2. The van der Waals surface area contributed by atoms with Crippen LogP contribution in [0.25, 0.3) is 0 Å². The van der Waals surface area contributed by atoms with Gasteiger partial charge >= 0.3 is 5.97 Å². The molecule has 0 amide bonds. The molecular formula is C38H66O8. The van der Waals surface area contributed by atoms with E-state index in [2.05, 4.69) is 6.92 Å². The second kappa shape index (κ2) is 21.1. The van der Waals surface area contributed by atoms with Gasteiger partial charge in [0, 0.05) is 12.0 Å². The highest BCUT2D eigenvalue weighted by Gasteiger charge is 2.39. The van der Waals surface area contributed by atoms with Crippen LogP contribution in [0.3, 0.4) is 0 Å². The van der Waals surface area contributed by atoms with Crippen molar-refractivity contribution in [3.63, 3.8) is 0 Å². The van der Waals surface area contributed by atoms with Crippen molar-refractivity contribution < 1.29 is 38.7 Å². The molecule has 8 heteroatoms. The van der Waals surface area contributed by atoms with Crippen LogP contribution in [0.2, 0.25) is 0 Å². The van der Waals surface area contributed by atoms with Crippen LogP contribution in [0.5, 0.6) is 0 Å². The van der Waals surface area contributed by atoms with Gasteiger partial charge in [-0.15, -0.1) is 0 Å². The van der Waals surface area contributed by atoms with Crippen LogP contribution in [0.1, 0.15) is 162 Å². The fourth-order valence-corrected chi connectivity index (χ4v) is 7.85. The summed E-state index contributed by atoms with van der Waals surface area (Å²) in [6.07, 6.45) is 26.1. The van der Waals surface area contributed by atoms with E-state index in [0.717, 1.165) is 83.5 Å². The molecule has 8 nitrogen and oxygen atoms in total. The van der Waals surface area contributed by atoms with E-state index in [9.17, 15) is 15.0 Å². The Morgan fingerprint density at radius 2 is 1.30 bits per heavy atom. The molecule has 0 aromatic rings. The van der Waals surface area contributed by atoms with Crippen LogP contribution in [0, 0.1) is 0 Å². The van der Waals surface area contributed by atoms with Gasteiger partial charge < -0.3 is 33.9 Å². The molecule has 0 spiro atoms. The highest BCUT2D eigenvalue weighted by atomic mass is 16.7. The van der Waals surface area contributed by atoms with E-state index >= 15 is 0 Å². The lowest BCUT2D eigenvalue weighted by atomic mass is 9.98. The number of carbonyl (C=O) groups is 1. The van der Waals surface area contributed by atoms with Gasteiger partial charge in [0.2, 0.25) is 0 Å². The Morgan fingerprint density at radius 1 is 0.717 bits per heavy atom. The van der Waals surface area contributed by atoms with Crippen molar-refractivity contribution in [3.8, 4) is 0 Å². The Balaban J connectivity index is 1.01. The molecular weight excluding hydrogens is 584 g/mol. The monoisotopic (exact) mass is 650 g/mol. The van der Waals surface area contributed by atoms with Gasteiger partial charge in [-0.05, 0) is 70.8 Å². The Kier molecular flexibility index (Phi) is 17.4. The third-order valence-corrected chi connectivity index (χ3v) is 10.6. The number of rotatable bonds is 22. The van der Waals surface area contributed by atoms with Crippen LogP contribution in [-0.2, 0) is 28.5 Å². The summed E-state index contributed by atoms with van der Waals surface area (Å²) in [5.41, 5.74) is 0.619. The standard InChI is InChI=1S/C38H66O8/c1-3-4-5-6-7-8-12-15-18-32(40)33-21-24-37(46-33)35-23-22-34(42-27-43-35)36-20-19-31(45-36)17-14-11-9-10-13-16-30(39)26-29-25-28(2)44-38(29)41/h25,28,30-37,39-40H,3-24,26-27H2,1-2H3/t28-,30+,31-,32+,33-,34+,35-,36+,37-/m0/s1. The molecule has 9 atom stereocenters. The van der Waals surface area contributed by atoms with Crippen LogP contribution >= 0.6 is 0 Å². The first kappa shape index (κ1) is 37.8. The molecule has 0 aliphatic carbocycles. The maximum absolute atomic E-state index is 11.7. The minimum Gasteiger partial charge on any atom is -0.455 e. The normalized spacial score (nSPS) is 31.5. The van der Waals surface area contributed by atoms with Crippen molar-refractivity contribution in [1.82, 2.24) is 0 Å². The summed E-state index contributed by atoms with van der Waals surface area (Å²) >= 11 is 0. The van der Waals surface area contributed by atoms with Crippen molar-refractivity contribution in [2.45, 2.75) is 216 Å². The number of aliphatic hydroxyl groups excluding tert-OH is 2. The van der Waals surface area contributed by atoms with E-state index in [1.807, 2.05) is 13.0 Å². The van der Waals surface area contributed by atoms with Gasteiger partial charge in [0.1, 0.15) is 12.9 Å². The molecule has 0 bridgehead atoms. The lowest BCUT2D eigenvalue weighted by Crippen LogP contribution is -2.32. The molecule has 4 heterocycles. The molecule has 46 heavy (non-hydrogen) atoms. The smallest absolute Gasteiger partial charge is 0.334 e. The molecule has 0 aromatic carbocycles. The molecule has 4 aliphatic heterocycles. The quantitative estimate of drug-likeness (QED) is 0.0902. The highest BCUT2D eigenvalue weighted by Crippen LogP contribution is 2.34. The minimum atomic E-state index is -0.468. The summed E-state index contributed by atoms with van der Waals surface area (Å²) in [5, 5.41) is 21.0. The van der Waals surface area contributed by atoms with Crippen molar-refractivity contribution in [3.05, 3.63) is 11.6 Å². The Labute approximate surface area is 279 Å². The summed E-state index contributed by atoms with van der Waals surface area (Å²) in [5.74, 6) is -0.279. The third kappa shape index (κ3) is 13.1. The molecule has 4 rings (SSSR count). The topological polar surface area (TPSA) is 104 Å². The Morgan fingerprint density at radius 3 is 1.98 bits per heavy atom. The Hall–Kier alpha value is -1.03. The molecule has 266 valence electrons. The van der Waals surface area contributed by atoms with Crippen LogP contribution in [-0.4, -0.2) is 77.9 Å². The number of esters is 1. The molecule has 0 aromatic heterocycles. The van der Waals surface area contributed by atoms with Crippen LogP contribution in [0.4, 0.5) is 0 Å². The van der Waals surface area contributed by atoms with Gasteiger partial charge in [-0.1, -0.05) is 90.4 Å². The maximum Gasteiger partial charge on any atom is 0.334 e. The Bertz CT molecular complexity index is 879. The summed E-state index contributed by atoms with van der Waals surface area (Å²) in [6.45, 7) is 4.39.